The molecule has 1 heterocycles. The molecule has 0 radical (unpaired) electrons. The number of aliphatic hydroxyl groups is 1. The molecule has 29 heavy (non-hydrogen) atoms. The van der Waals surface area contributed by atoms with Crippen molar-refractivity contribution < 1.29 is 19.1 Å². The van der Waals surface area contributed by atoms with Crippen LogP contribution < -0.4 is 15.4 Å². The molecule has 3 aromatic rings. The number of hydrogen-bond donors (Lipinski definition) is 3. The fraction of sp³-hybridized carbons (Fsp3) is 0.100. The normalized spacial score (nSPS) is 10.5. The molecule has 3 rings (SSSR count). The van der Waals surface area contributed by atoms with Crippen LogP contribution in [0.5, 0.6) is 5.75 Å². The van der Waals surface area contributed by atoms with Crippen molar-refractivity contribution in [3.8, 4) is 17.1 Å². The van der Waals surface area contributed by atoms with Gasteiger partial charge in [-0.05, 0) is 60.7 Å². The first-order chi connectivity index (χ1) is 13.9. The van der Waals surface area contributed by atoms with E-state index in [1.165, 1.54) is 7.11 Å². The van der Waals surface area contributed by atoms with E-state index >= 15 is 0 Å². The van der Waals surface area contributed by atoms with Gasteiger partial charge in [-0.25, -0.2) is 0 Å². The molecule has 0 atom stereocenters. The third kappa shape index (κ3) is 5.16. The summed E-state index contributed by atoms with van der Waals surface area (Å²) < 4.78 is 11.5. The van der Waals surface area contributed by atoms with Crippen LogP contribution in [0.3, 0.4) is 0 Å². The molecule has 1 amide bonds. The predicted molar refractivity (Wildman–Crippen MR) is 119 cm³/mol. The van der Waals surface area contributed by atoms with Crippen molar-refractivity contribution in [2.75, 3.05) is 12.4 Å². The van der Waals surface area contributed by atoms with Crippen molar-refractivity contribution in [3.63, 3.8) is 0 Å². The van der Waals surface area contributed by atoms with Crippen LogP contribution in [0.4, 0.5) is 5.69 Å². The van der Waals surface area contributed by atoms with Gasteiger partial charge in [0.2, 0.25) is 0 Å². The molecular formula is C20H16BrClN2O4S. The van der Waals surface area contributed by atoms with Crippen molar-refractivity contribution in [1.82, 2.24) is 5.32 Å². The number of amides is 1. The number of nitrogens with one attached hydrogen (secondary N) is 2. The Morgan fingerprint density at radius 3 is 2.72 bits per heavy atom. The SMILES string of the molecule is COc1ccc(Br)cc1C(=O)NC(=S)Nc1cc(-c2ccc(CO)o2)ccc1Cl. The lowest BCUT2D eigenvalue weighted by Crippen LogP contribution is -2.34. The van der Waals surface area contributed by atoms with Crippen LogP contribution in [0, 0.1) is 0 Å². The maximum Gasteiger partial charge on any atom is 0.261 e. The third-order valence-electron chi connectivity index (χ3n) is 3.95. The van der Waals surface area contributed by atoms with Crippen LogP contribution in [0.15, 0.2) is 57.4 Å². The van der Waals surface area contributed by atoms with Crippen LogP contribution in [-0.4, -0.2) is 23.2 Å². The smallest absolute Gasteiger partial charge is 0.261 e. The average molecular weight is 496 g/mol. The number of halogens is 2. The van der Waals surface area contributed by atoms with E-state index in [9.17, 15) is 4.79 Å². The van der Waals surface area contributed by atoms with E-state index in [0.717, 1.165) is 10.0 Å². The summed E-state index contributed by atoms with van der Waals surface area (Å²) in [6.07, 6.45) is 0. The van der Waals surface area contributed by atoms with E-state index < -0.39 is 5.91 Å². The standard InChI is InChI=1S/C20H16BrClN2O4S/c1-27-18-6-3-12(21)9-14(18)19(26)24-20(29)23-16-8-11(2-5-15(16)22)17-7-4-13(10-25)28-17/h2-9,25H,10H2,1H3,(H2,23,24,26,29). The Balaban J connectivity index is 1.76. The Labute approximate surface area is 185 Å². The number of thiocarbonyl (C=S) groups is 1. The molecule has 6 nitrogen and oxygen atoms in total. The van der Waals surface area contributed by atoms with Crippen LogP contribution in [0.1, 0.15) is 16.1 Å². The maximum absolute atomic E-state index is 12.6. The van der Waals surface area contributed by atoms with Crippen LogP contribution >= 0.6 is 39.7 Å². The summed E-state index contributed by atoms with van der Waals surface area (Å²) in [6.45, 7) is -0.187. The van der Waals surface area contributed by atoms with Gasteiger partial charge in [0.1, 0.15) is 23.9 Å². The number of carbonyl (C=O) groups is 1. The topological polar surface area (TPSA) is 83.7 Å². The molecule has 0 spiro atoms. The molecule has 0 aliphatic heterocycles. The number of rotatable bonds is 5. The lowest BCUT2D eigenvalue weighted by Gasteiger charge is -2.13. The Morgan fingerprint density at radius 1 is 1.24 bits per heavy atom. The third-order valence-corrected chi connectivity index (χ3v) is 4.98. The van der Waals surface area contributed by atoms with Crippen molar-refractivity contribution in [3.05, 3.63) is 69.3 Å². The Bertz CT molecular complexity index is 1070. The first-order valence-electron chi connectivity index (χ1n) is 8.36. The van der Waals surface area contributed by atoms with Gasteiger partial charge >= 0.3 is 0 Å². The van der Waals surface area contributed by atoms with Gasteiger partial charge < -0.3 is 19.6 Å². The maximum atomic E-state index is 12.6. The van der Waals surface area contributed by atoms with E-state index in [0.29, 0.717) is 33.5 Å². The largest absolute Gasteiger partial charge is 0.496 e. The van der Waals surface area contributed by atoms with Crippen molar-refractivity contribution >= 4 is 56.5 Å². The number of hydrogen-bond acceptors (Lipinski definition) is 5. The number of carbonyl (C=O) groups excluding carboxylic acids is 1. The fourth-order valence-corrected chi connectivity index (χ4v) is 3.30. The monoisotopic (exact) mass is 494 g/mol. The minimum absolute atomic E-state index is 0.0755. The number of methoxy groups -OCH3 is 1. The lowest BCUT2D eigenvalue weighted by atomic mass is 10.1. The highest BCUT2D eigenvalue weighted by Crippen LogP contribution is 2.30. The van der Waals surface area contributed by atoms with Gasteiger partial charge in [-0.3, -0.25) is 10.1 Å². The molecule has 0 unspecified atom stereocenters. The molecule has 3 N–H and O–H groups in total. The van der Waals surface area contributed by atoms with Gasteiger partial charge in [0.05, 0.1) is 23.4 Å². The highest BCUT2D eigenvalue weighted by Gasteiger charge is 2.15. The van der Waals surface area contributed by atoms with Crippen molar-refractivity contribution in [2.24, 2.45) is 0 Å². The number of ether oxygens (including phenoxy) is 1. The van der Waals surface area contributed by atoms with Gasteiger partial charge in [-0.2, -0.15) is 0 Å². The number of anilines is 1. The second-order valence-electron chi connectivity index (χ2n) is 5.87. The highest BCUT2D eigenvalue weighted by atomic mass is 79.9. The first-order valence-corrected chi connectivity index (χ1v) is 9.94. The van der Waals surface area contributed by atoms with E-state index in [-0.39, 0.29) is 11.7 Å². The molecular weight excluding hydrogens is 480 g/mol. The summed E-state index contributed by atoms with van der Waals surface area (Å²) in [5, 5.41) is 15.2. The van der Waals surface area contributed by atoms with Crippen LogP contribution in [0.25, 0.3) is 11.3 Å². The zero-order valence-electron chi connectivity index (χ0n) is 15.2. The van der Waals surface area contributed by atoms with Gasteiger partial charge in [0.25, 0.3) is 5.91 Å². The van der Waals surface area contributed by atoms with Crippen molar-refractivity contribution in [2.45, 2.75) is 6.61 Å². The zero-order chi connectivity index (χ0) is 21.0. The molecule has 2 aromatic carbocycles. The fourth-order valence-electron chi connectivity index (χ4n) is 2.57. The molecule has 0 bridgehead atoms. The summed E-state index contributed by atoms with van der Waals surface area (Å²) in [7, 11) is 1.48. The van der Waals surface area contributed by atoms with E-state index in [2.05, 4.69) is 26.6 Å². The molecule has 0 saturated heterocycles. The van der Waals surface area contributed by atoms with E-state index in [1.807, 2.05) is 0 Å². The summed E-state index contributed by atoms with van der Waals surface area (Å²) >= 11 is 14.8. The van der Waals surface area contributed by atoms with E-state index in [4.69, 9.17) is 38.1 Å². The minimum Gasteiger partial charge on any atom is -0.496 e. The van der Waals surface area contributed by atoms with Crippen molar-refractivity contribution in [1.29, 1.82) is 0 Å². The number of furan rings is 1. The predicted octanol–water partition coefficient (Wildman–Crippen LogP) is 4.99. The van der Waals surface area contributed by atoms with Gasteiger partial charge in [-0.15, -0.1) is 0 Å². The molecule has 0 fully saturated rings. The summed E-state index contributed by atoms with van der Waals surface area (Å²) in [6, 6.07) is 13.7. The van der Waals surface area contributed by atoms with Crippen LogP contribution in [-0.2, 0) is 6.61 Å². The molecule has 150 valence electrons. The molecule has 9 heteroatoms. The van der Waals surface area contributed by atoms with Gasteiger partial charge in [0, 0.05) is 10.0 Å². The Morgan fingerprint density at radius 2 is 2.03 bits per heavy atom. The summed E-state index contributed by atoms with van der Waals surface area (Å²) in [5.74, 6) is 1.02. The zero-order valence-corrected chi connectivity index (χ0v) is 18.3. The number of benzene rings is 2. The molecule has 0 aliphatic carbocycles. The van der Waals surface area contributed by atoms with Crippen LogP contribution in [0.2, 0.25) is 5.02 Å². The highest BCUT2D eigenvalue weighted by molar-refractivity contribution is 9.10. The quantitative estimate of drug-likeness (QED) is 0.433. The minimum atomic E-state index is -0.424. The second-order valence-corrected chi connectivity index (χ2v) is 7.60. The molecule has 0 aliphatic rings. The summed E-state index contributed by atoms with van der Waals surface area (Å²) in [5.41, 5.74) is 1.56. The Hall–Kier alpha value is -2.39. The van der Waals surface area contributed by atoms with Gasteiger partial charge in [-0.1, -0.05) is 27.5 Å². The lowest BCUT2D eigenvalue weighted by molar-refractivity contribution is 0.0974. The molecule has 1 aromatic heterocycles. The van der Waals surface area contributed by atoms with E-state index in [1.54, 1.807) is 48.5 Å². The average Bonchev–Trinajstić information content (AvgIpc) is 3.18. The second kappa shape index (κ2) is 9.41. The van der Waals surface area contributed by atoms with Gasteiger partial charge in [0.15, 0.2) is 5.11 Å². The Kier molecular flexibility index (Phi) is 6.92. The molecule has 0 saturated carbocycles. The first kappa shape index (κ1) is 21.3. The number of aliphatic hydroxyl groups excluding tert-OH is 1. The summed E-state index contributed by atoms with van der Waals surface area (Å²) in [4.78, 5) is 12.6.